The summed E-state index contributed by atoms with van der Waals surface area (Å²) < 4.78 is 1.76. The second kappa shape index (κ2) is 7.75. The van der Waals surface area contributed by atoms with Crippen molar-refractivity contribution in [3.63, 3.8) is 0 Å². The summed E-state index contributed by atoms with van der Waals surface area (Å²) in [7, 11) is 0. The van der Waals surface area contributed by atoms with Crippen LogP contribution in [-0.4, -0.2) is 31.6 Å². The van der Waals surface area contributed by atoms with Crippen molar-refractivity contribution in [3.05, 3.63) is 83.9 Å². The summed E-state index contributed by atoms with van der Waals surface area (Å²) in [6.07, 6.45) is 3.20. The Labute approximate surface area is 147 Å². The lowest BCUT2D eigenvalue weighted by Gasteiger charge is -2.27. The fourth-order valence-corrected chi connectivity index (χ4v) is 2.69. The molecule has 1 heterocycles. The number of hydrogen-bond acceptors (Lipinski definition) is 3. The van der Waals surface area contributed by atoms with E-state index in [1.807, 2.05) is 73.3 Å². The molecule has 0 saturated heterocycles. The Morgan fingerprint density at radius 3 is 2.36 bits per heavy atom. The molecule has 3 aromatic rings. The van der Waals surface area contributed by atoms with Crippen LogP contribution in [0, 0.1) is 0 Å². The Morgan fingerprint density at radius 2 is 1.76 bits per heavy atom. The predicted molar refractivity (Wildman–Crippen MR) is 97.0 cm³/mol. The molecule has 25 heavy (non-hydrogen) atoms. The lowest BCUT2D eigenvalue weighted by molar-refractivity contribution is 0.0690. The zero-order valence-electron chi connectivity index (χ0n) is 14.5. The summed E-state index contributed by atoms with van der Waals surface area (Å²) in [5.74, 6) is 0.0474. The molecule has 0 saturated carbocycles. The van der Waals surface area contributed by atoms with Crippen molar-refractivity contribution in [2.45, 2.75) is 33.0 Å². The van der Waals surface area contributed by atoms with E-state index in [0.29, 0.717) is 18.7 Å². The van der Waals surface area contributed by atoms with Crippen molar-refractivity contribution in [3.8, 4) is 0 Å². The molecule has 0 N–H and O–H groups in total. The molecular weight excluding hydrogens is 312 g/mol. The first-order valence-electron chi connectivity index (χ1n) is 8.40. The summed E-state index contributed by atoms with van der Waals surface area (Å²) in [6.45, 7) is 5.34. The molecule has 2 aromatic carbocycles. The first-order chi connectivity index (χ1) is 12.1. The van der Waals surface area contributed by atoms with Crippen LogP contribution in [0.1, 0.15) is 35.3 Å². The summed E-state index contributed by atoms with van der Waals surface area (Å²) >= 11 is 0. The van der Waals surface area contributed by atoms with Crippen molar-refractivity contribution in [2.75, 3.05) is 0 Å². The van der Waals surface area contributed by atoms with Gasteiger partial charge in [-0.05, 0) is 37.1 Å². The van der Waals surface area contributed by atoms with Crippen LogP contribution in [0.2, 0.25) is 0 Å². The monoisotopic (exact) mass is 334 g/mol. The molecule has 128 valence electrons. The zero-order chi connectivity index (χ0) is 17.6. The number of nitrogens with zero attached hydrogens (tertiary/aromatic N) is 4. The molecule has 0 aliphatic heterocycles. The normalized spacial score (nSPS) is 10.8. The van der Waals surface area contributed by atoms with Crippen LogP contribution in [0.4, 0.5) is 0 Å². The Bertz CT molecular complexity index is 795. The van der Waals surface area contributed by atoms with Crippen LogP contribution >= 0.6 is 0 Å². The third-order valence-corrected chi connectivity index (χ3v) is 4.09. The molecule has 0 aliphatic carbocycles. The average molecular weight is 334 g/mol. The fraction of sp³-hybridized carbons (Fsp3) is 0.250. The Hall–Kier alpha value is -2.95. The van der Waals surface area contributed by atoms with Crippen molar-refractivity contribution >= 4 is 5.91 Å². The van der Waals surface area contributed by atoms with E-state index >= 15 is 0 Å². The Kier molecular flexibility index (Phi) is 5.23. The highest BCUT2D eigenvalue weighted by atomic mass is 16.2. The van der Waals surface area contributed by atoms with Gasteiger partial charge in [-0.1, -0.05) is 42.5 Å². The number of benzene rings is 2. The molecule has 0 aliphatic rings. The molecule has 1 amide bonds. The van der Waals surface area contributed by atoms with Crippen LogP contribution in [0.5, 0.6) is 0 Å². The van der Waals surface area contributed by atoms with E-state index in [-0.39, 0.29) is 11.9 Å². The predicted octanol–water partition coefficient (Wildman–Crippen LogP) is 3.38. The van der Waals surface area contributed by atoms with Gasteiger partial charge in [-0.15, -0.1) is 0 Å². The van der Waals surface area contributed by atoms with Crippen LogP contribution in [0.25, 0.3) is 0 Å². The van der Waals surface area contributed by atoms with E-state index < -0.39 is 0 Å². The van der Waals surface area contributed by atoms with Gasteiger partial charge in [0.05, 0.1) is 6.54 Å². The minimum atomic E-state index is 0.0474. The minimum Gasteiger partial charge on any atom is -0.332 e. The van der Waals surface area contributed by atoms with Crippen molar-refractivity contribution in [1.82, 2.24) is 19.7 Å². The van der Waals surface area contributed by atoms with Crippen molar-refractivity contribution in [1.29, 1.82) is 0 Å². The van der Waals surface area contributed by atoms with Gasteiger partial charge in [-0.25, -0.2) is 9.67 Å². The highest BCUT2D eigenvalue weighted by molar-refractivity contribution is 5.94. The van der Waals surface area contributed by atoms with Gasteiger partial charge in [0.15, 0.2) is 0 Å². The molecule has 3 rings (SSSR count). The Balaban J connectivity index is 1.73. The number of aromatic nitrogens is 3. The van der Waals surface area contributed by atoms with Crippen LogP contribution in [0.15, 0.2) is 67.3 Å². The highest BCUT2D eigenvalue weighted by Crippen LogP contribution is 2.14. The highest BCUT2D eigenvalue weighted by Gasteiger charge is 2.19. The second-order valence-corrected chi connectivity index (χ2v) is 6.30. The van der Waals surface area contributed by atoms with E-state index in [4.69, 9.17) is 0 Å². The molecule has 5 nitrogen and oxygen atoms in total. The number of amides is 1. The van der Waals surface area contributed by atoms with E-state index in [9.17, 15) is 4.79 Å². The third-order valence-electron chi connectivity index (χ3n) is 4.09. The topological polar surface area (TPSA) is 51.0 Å². The van der Waals surface area contributed by atoms with Gasteiger partial charge >= 0.3 is 0 Å². The number of carbonyl (C=O) groups excluding carboxylic acids is 1. The van der Waals surface area contributed by atoms with Gasteiger partial charge in [0.1, 0.15) is 12.7 Å². The summed E-state index contributed by atoms with van der Waals surface area (Å²) in [4.78, 5) is 18.7. The van der Waals surface area contributed by atoms with E-state index in [1.54, 1.807) is 11.0 Å². The Morgan fingerprint density at radius 1 is 1.04 bits per heavy atom. The van der Waals surface area contributed by atoms with Crippen LogP contribution < -0.4 is 0 Å². The molecule has 0 spiro atoms. The summed E-state index contributed by atoms with van der Waals surface area (Å²) in [6, 6.07) is 17.9. The van der Waals surface area contributed by atoms with Gasteiger partial charge in [0.2, 0.25) is 0 Å². The quantitative estimate of drug-likeness (QED) is 0.694. The molecule has 0 bridgehead atoms. The fourth-order valence-electron chi connectivity index (χ4n) is 2.69. The van der Waals surface area contributed by atoms with Gasteiger partial charge in [-0.2, -0.15) is 5.10 Å². The minimum absolute atomic E-state index is 0.0474. The lowest BCUT2D eigenvalue weighted by Crippen LogP contribution is -2.36. The maximum atomic E-state index is 12.9. The van der Waals surface area contributed by atoms with Crippen LogP contribution in [-0.2, 0) is 13.1 Å². The molecule has 0 fully saturated rings. The van der Waals surface area contributed by atoms with Gasteiger partial charge in [0.25, 0.3) is 5.91 Å². The maximum absolute atomic E-state index is 12.9. The number of hydrogen-bond donors (Lipinski definition) is 0. The zero-order valence-corrected chi connectivity index (χ0v) is 14.5. The first kappa shape index (κ1) is 16.9. The molecule has 1 aromatic heterocycles. The number of carbonyl (C=O) groups is 1. The smallest absolute Gasteiger partial charge is 0.254 e. The molecule has 0 atom stereocenters. The molecule has 0 unspecified atom stereocenters. The standard InChI is InChI=1S/C20H22N4O/c1-16(2)24(13-17-6-4-3-5-7-17)20(25)19-10-8-18(9-11-19)12-23-15-21-14-22-23/h3-11,14-16H,12-13H2,1-2H3. The number of rotatable bonds is 6. The maximum Gasteiger partial charge on any atom is 0.254 e. The molecule has 0 radical (unpaired) electrons. The van der Waals surface area contributed by atoms with Crippen LogP contribution in [0.3, 0.4) is 0 Å². The van der Waals surface area contributed by atoms with Crippen molar-refractivity contribution in [2.24, 2.45) is 0 Å². The molecular formula is C20H22N4O. The third kappa shape index (κ3) is 4.32. The SMILES string of the molecule is CC(C)N(Cc1ccccc1)C(=O)c1ccc(Cn2cncn2)cc1. The van der Waals surface area contributed by atoms with E-state index in [1.165, 1.54) is 6.33 Å². The largest absolute Gasteiger partial charge is 0.332 e. The van der Waals surface area contributed by atoms with Gasteiger partial charge < -0.3 is 4.90 Å². The summed E-state index contributed by atoms with van der Waals surface area (Å²) in [5.41, 5.74) is 2.92. The van der Waals surface area contributed by atoms with E-state index in [0.717, 1.165) is 11.1 Å². The summed E-state index contributed by atoms with van der Waals surface area (Å²) in [5, 5.41) is 4.10. The molecule has 5 heteroatoms. The second-order valence-electron chi connectivity index (χ2n) is 6.30. The van der Waals surface area contributed by atoms with E-state index in [2.05, 4.69) is 10.1 Å². The first-order valence-corrected chi connectivity index (χ1v) is 8.40. The lowest BCUT2D eigenvalue weighted by atomic mass is 10.1. The van der Waals surface area contributed by atoms with Gasteiger partial charge in [0, 0.05) is 18.2 Å². The van der Waals surface area contributed by atoms with Crippen molar-refractivity contribution < 1.29 is 4.79 Å². The van der Waals surface area contributed by atoms with Gasteiger partial charge in [-0.3, -0.25) is 4.79 Å². The average Bonchev–Trinajstić information content (AvgIpc) is 3.13.